The molecule has 0 bridgehead atoms. The largest absolute Gasteiger partial charge is 0.493 e. The standard InChI is InChI=1S/C10H9F3O3S/c11-10(12,13)17-6-5-16-8-3-1-7(2-4-8)9(14)15/h1-4H,5-6H2,(H,14,15). The predicted octanol–water partition coefficient (Wildman–Crippen LogP) is 3.02. The smallest absolute Gasteiger partial charge is 0.441 e. The highest BCUT2D eigenvalue weighted by molar-refractivity contribution is 8.00. The molecule has 1 rings (SSSR count). The second kappa shape index (κ2) is 5.81. The maximum atomic E-state index is 11.8. The maximum Gasteiger partial charge on any atom is 0.441 e. The van der Waals surface area contributed by atoms with Crippen LogP contribution in [0, 0.1) is 0 Å². The summed E-state index contributed by atoms with van der Waals surface area (Å²) >= 11 is -0.158. The molecule has 0 spiro atoms. The summed E-state index contributed by atoms with van der Waals surface area (Å²) in [5.41, 5.74) is -4.15. The van der Waals surface area contributed by atoms with Crippen molar-refractivity contribution in [2.45, 2.75) is 5.51 Å². The van der Waals surface area contributed by atoms with E-state index in [9.17, 15) is 18.0 Å². The van der Waals surface area contributed by atoms with Crippen molar-refractivity contribution >= 4 is 17.7 Å². The third-order valence-electron chi connectivity index (χ3n) is 1.72. The minimum absolute atomic E-state index is 0.0867. The Morgan fingerprint density at radius 1 is 1.29 bits per heavy atom. The molecular weight excluding hydrogens is 257 g/mol. The number of rotatable bonds is 5. The van der Waals surface area contributed by atoms with Gasteiger partial charge >= 0.3 is 11.5 Å². The molecule has 3 nitrogen and oxygen atoms in total. The summed E-state index contributed by atoms with van der Waals surface area (Å²) in [5.74, 6) is -0.925. The summed E-state index contributed by atoms with van der Waals surface area (Å²) in [5, 5.41) is 8.61. The summed E-state index contributed by atoms with van der Waals surface area (Å²) in [4.78, 5) is 10.5. The maximum absolute atomic E-state index is 11.8. The topological polar surface area (TPSA) is 46.5 Å². The van der Waals surface area contributed by atoms with Crippen molar-refractivity contribution in [1.82, 2.24) is 0 Å². The fraction of sp³-hybridized carbons (Fsp3) is 0.300. The second-order valence-corrected chi connectivity index (χ2v) is 4.13. The molecule has 17 heavy (non-hydrogen) atoms. The molecule has 1 N–H and O–H groups in total. The Labute approximate surface area is 99.6 Å². The molecule has 0 atom stereocenters. The summed E-state index contributed by atoms with van der Waals surface area (Å²) in [6, 6.07) is 5.46. The van der Waals surface area contributed by atoms with E-state index in [-0.39, 0.29) is 29.7 Å². The zero-order valence-corrected chi connectivity index (χ0v) is 9.35. The van der Waals surface area contributed by atoms with E-state index in [1.807, 2.05) is 0 Å². The van der Waals surface area contributed by atoms with Gasteiger partial charge in [-0.15, -0.1) is 0 Å². The average molecular weight is 266 g/mol. The molecule has 0 aliphatic rings. The van der Waals surface area contributed by atoms with Crippen molar-refractivity contribution in [3.8, 4) is 5.75 Å². The van der Waals surface area contributed by atoms with Gasteiger partial charge in [0.25, 0.3) is 0 Å². The molecule has 7 heteroatoms. The summed E-state index contributed by atoms with van der Waals surface area (Å²) in [6.07, 6.45) is 0. The Balaban J connectivity index is 2.35. The number of aromatic carboxylic acids is 1. The monoisotopic (exact) mass is 266 g/mol. The van der Waals surface area contributed by atoms with Crippen LogP contribution in [-0.4, -0.2) is 28.9 Å². The van der Waals surface area contributed by atoms with Crippen molar-refractivity contribution < 1.29 is 27.8 Å². The Kier molecular flexibility index (Phi) is 4.68. The minimum atomic E-state index is -4.25. The van der Waals surface area contributed by atoms with Gasteiger partial charge in [0.1, 0.15) is 5.75 Å². The third kappa shape index (κ3) is 5.48. The fourth-order valence-electron chi connectivity index (χ4n) is 1.01. The minimum Gasteiger partial charge on any atom is -0.493 e. The van der Waals surface area contributed by atoms with Crippen LogP contribution in [0.4, 0.5) is 13.2 Å². The molecule has 0 aliphatic carbocycles. The van der Waals surface area contributed by atoms with Gasteiger partial charge in [0.05, 0.1) is 12.2 Å². The molecule has 0 saturated heterocycles. The number of hydrogen-bond donors (Lipinski definition) is 1. The summed E-state index contributed by atoms with van der Waals surface area (Å²) < 4.78 is 40.3. The number of ether oxygens (including phenoxy) is 1. The first-order chi connectivity index (χ1) is 7.88. The van der Waals surface area contributed by atoms with Crippen LogP contribution in [-0.2, 0) is 0 Å². The summed E-state index contributed by atoms with van der Waals surface area (Å²) in [6.45, 7) is -0.0867. The highest BCUT2D eigenvalue weighted by atomic mass is 32.2. The van der Waals surface area contributed by atoms with Crippen LogP contribution in [0.2, 0.25) is 0 Å². The number of hydrogen-bond acceptors (Lipinski definition) is 3. The van der Waals surface area contributed by atoms with E-state index < -0.39 is 11.5 Å². The number of halogens is 3. The number of alkyl halides is 3. The van der Waals surface area contributed by atoms with Gasteiger partial charge in [-0.2, -0.15) is 13.2 Å². The lowest BCUT2D eigenvalue weighted by molar-refractivity contribution is -0.0329. The van der Waals surface area contributed by atoms with E-state index in [1.165, 1.54) is 24.3 Å². The van der Waals surface area contributed by atoms with Crippen molar-refractivity contribution in [3.63, 3.8) is 0 Å². The molecule has 0 saturated carbocycles. The van der Waals surface area contributed by atoms with E-state index in [0.717, 1.165) is 0 Å². The number of carboxylic acids is 1. The average Bonchev–Trinajstić information content (AvgIpc) is 2.24. The number of carboxylic acid groups (broad SMARTS) is 1. The molecule has 0 heterocycles. The lowest BCUT2D eigenvalue weighted by Crippen LogP contribution is -2.07. The highest BCUT2D eigenvalue weighted by Crippen LogP contribution is 2.29. The Bertz CT molecular complexity index is 375. The van der Waals surface area contributed by atoms with E-state index in [4.69, 9.17) is 9.84 Å². The van der Waals surface area contributed by atoms with Gasteiger partial charge in [-0.1, -0.05) is 0 Å². The van der Waals surface area contributed by atoms with Crippen LogP contribution in [0.15, 0.2) is 24.3 Å². The van der Waals surface area contributed by atoms with Gasteiger partial charge in [0.2, 0.25) is 0 Å². The zero-order chi connectivity index (χ0) is 12.9. The normalized spacial score (nSPS) is 11.2. The molecule has 0 unspecified atom stereocenters. The van der Waals surface area contributed by atoms with Crippen LogP contribution < -0.4 is 4.74 Å². The van der Waals surface area contributed by atoms with Gasteiger partial charge in [-0.3, -0.25) is 0 Å². The molecule has 0 aromatic heterocycles. The van der Waals surface area contributed by atoms with Crippen molar-refractivity contribution in [1.29, 1.82) is 0 Å². The van der Waals surface area contributed by atoms with Crippen LogP contribution in [0.25, 0.3) is 0 Å². The predicted molar refractivity (Wildman–Crippen MR) is 57.4 cm³/mol. The molecule has 1 aromatic carbocycles. The van der Waals surface area contributed by atoms with E-state index >= 15 is 0 Å². The van der Waals surface area contributed by atoms with Gasteiger partial charge in [0, 0.05) is 5.75 Å². The highest BCUT2D eigenvalue weighted by Gasteiger charge is 2.27. The first kappa shape index (κ1) is 13.7. The molecule has 0 fully saturated rings. The van der Waals surface area contributed by atoms with Crippen LogP contribution in [0.3, 0.4) is 0 Å². The van der Waals surface area contributed by atoms with E-state index in [0.29, 0.717) is 5.75 Å². The van der Waals surface area contributed by atoms with Gasteiger partial charge in [-0.25, -0.2) is 4.79 Å². The Morgan fingerprint density at radius 3 is 2.35 bits per heavy atom. The van der Waals surface area contributed by atoms with Crippen LogP contribution in [0.1, 0.15) is 10.4 Å². The molecule has 1 aromatic rings. The van der Waals surface area contributed by atoms with E-state index in [1.54, 1.807) is 0 Å². The lowest BCUT2D eigenvalue weighted by atomic mass is 10.2. The second-order valence-electron chi connectivity index (χ2n) is 2.97. The van der Waals surface area contributed by atoms with Crippen molar-refractivity contribution in [3.05, 3.63) is 29.8 Å². The number of carbonyl (C=O) groups is 1. The number of thioether (sulfide) groups is 1. The Morgan fingerprint density at radius 2 is 1.88 bits per heavy atom. The van der Waals surface area contributed by atoms with Gasteiger partial charge in [-0.05, 0) is 36.0 Å². The molecule has 94 valence electrons. The molecular formula is C10H9F3O3S. The third-order valence-corrected chi connectivity index (χ3v) is 2.42. The first-order valence-corrected chi connectivity index (χ1v) is 5.54. The SMILES string of the molecule is O=C(O)c1ccc(OCCSC(F)(F)F)cc1. The fourth-order valence-corrected chi connectivity index (χ4v) is 1.41. The lowest BCUT2D eigenvalue weighted by Gasteiger charge is -2.07. The number of benzene rings is 1. The molecule has 0 amide bonds. The summed E-state index contributed by atoms with van der Waals surface area (Å²) in [7, 11) is 0. The van der Waals surface area contributed by atoms with Crippen LogP contribution in [0.5, 0.6) is 5.75 Å². The van der Waals surface area contributed by atoms with Crippen LogP contribution >= 0.6 is 11.8 Å². The first-order valence-electron chi connectivity index (χ1n) is 4.55. The van der Waals surface area contributed by atoms with Gasteiger partial charge in [0.15, 0.2) is 0 Å². The van der Waals surface area contributed by atoms with Gasteiger partial charge < -0.3 is 9.84 Å². The molecule has 0 aliphatic heterocycles. The quantitative estimate of drug-likeness (QED) is 0.832. The van der Waals surface area contributed by atoms with E-state index in [2.05, 4.69) is 0 Å². The van der Waals surface area contributed by atoms with Crippen molar-refractivity contribution in [2.75, 3.05) is 12.4 Å². The van der Waals surface area contributed by atoms with Crippen molar-refractivity contribution in [2.24, 2.45) is 0 Å². The Hall–Kier alpha value is -1.37. The molecule has 0 radical (unpaired) electrons. The zero-order valence-electron chi connectivity index (χ0n) is 8.53.